The first kappa shape index (κ1) is 13.7. The van der Waals surface area contributed by atoms with Gasteiger partial charge in [0.25, 0.3) is 5.91 Å². The summed E-state index contributed by atoms with van der Waals surface area (Å²) in [5.41, 5.74) is 0.991. The standard InChI is InChI=1S/C14H20N2O3/c1-15-14(17)10-19-13-6-2-4-11(8-13)16-12-5-3-7-18-9-12/h2,4,6,8,12,16H,3,5,7,9-10H2,1H3,(H,15,17). The molecule has 1 atom stereocenters. The van der Waals surface area contributed by atoms with Gasteiger partial charge >= 0.3 is 0 Å². The van der Waals surface area contributed by atoms with Crippen LogP contribution < -0.4 is 15.4 Å². The Hall–Kier alpha value is -1.75. The van der Waals surface area contributed by atoms with Crippen molar-refractivity contribution in [1.82, 2.24) is 5.32 Å². The molecule has 19 heavy (non-hydrogen) atoms. The number of anilines is 1. The number of rotatable bonds is 5. The third-order valence-corrected chi connectivity index (χ3v) is 3.01. The van der Waals surface area contributed by atoms with Gasteiger partial charge < -0.3 is 20.1 Å². The maximum atomic E-state index is 11.1. The molecule has 5 nitrogen and oxygen atoms in total. The van der Waals surface area contributed by atoms with Gasteiger partial charge in [-0.25, -0.2) is 0 Å². The molecule has 0 spiro atoms. The van der Waals surface area contributed by atoms with E-state index in [0.29, 0.717) is 11.8 Å². The van der Waals surface area contributed by atoms with Crippen LogP contribution in [0.1, 0.15) is 12.8 Å². The maximum Gasteiger partial charge on any atom is 0.257 e. The Labute approximate surface area is 113 Å². The monoisotopic (exact) mass is 264 g/mol. The van der Waals surface area contributed by atoms with Crippen molar-refractivity contribution < 1.29 is 14.3 Å². The summed E-state index contributed by atoms with van der Waals surface area (Å²) in [6.07, 6.45) is 2.20. The minimum atomic E-state index is -0.140. The third kappa shape index (κ3) is 4.44. The van der Waals surface area contributed by atoms with E-state index in [1.54, 1.807) is 7.05 Å². The molecule has 1 amide bonds. The summed E-state index contributed by atoms with van der Waals surface area (Å²) in [7, 11) is 1.59. The topological polar surface area (TPSA) is 59.6 Å². The molecule has 0 bridgehead atoms. The molecule has 1 aliphatic rings. The average Bonchev–Trinajstić information content (AvgIpc) is 2.46. The van der Waals surface area contributed by atoms with E-state index < -0.39 is 0 Å². The number of hydrogen-bond donors (Lipinski definition) is 2. The van der Waals surface area contributed by atoms with Crippen molar-refractivity contribution in [3.8, 4) is 5.75 Å². The fraction of sp³-hybridized carbons (Fsp3) is 0.500. The van der Waals surface area contributed by atoms with Crippen molar-refractivity contribution in [1.29, 1.82) is 0 Å². The molecule has 1 saturated heterocycles. The fourth-order valence-corrected chi connectivity index (χ4v) is 1.99. The highest BCUT2D eigenvalue weighted by Gasteiger charge is 2.13. The molecular weight excluding hydrogens is 244 g/mol. The smallest absolute Gasteiger partial charge is 0.257 e. The van der Waals surface area contributed by atoms with Crippen LogP contribution in [0.2, 0.25) is 0 Å². The molecule has 0 aromatic heterocycles. The summed E-state index contributed by atoms with van der Waals surface area (Å²) in [5, 5.41) is 5.94. The highest BCUT2D eigenvalue weighted by molar-refractivity contribution is 5.77. The molecule has 104 valence electrons. The van der Waals surface area contributed by atoms with Crippen LogP contribution in [0.5, 0.6) is 5.75 Å². The number of ether oxygens (including phenoxy) is 2. The summed E-state index contributed by atoms with van der Waals surface area (Å²) in [6.45, 7) is 1.63. The van der Waals surface area contributed by atoms with E-state index in [-0.39, 0.29) is 12.5 Å². The first-order valence-electron chi connectivity index (χ1n) is 6.55. The number of likely N-dealkylation sites (N-methyl/N-ethyl adjacent to an activating group) is 1. The molecule has 2 N–H and O–H groups in total. The van der Waals surface area contributed by atoms with Crippen LogP contribution in [0.15, 0.2) is 24.3 Å². The first-order chi connectivity index (χ1) is 9.28. The Morgan fingerprint density at radius 1 is 1.53 bits per heavy atom. The maximum absolute atomic E-state index is 11.1. The van der Waals surface area contributed by atoms with Gasteiger partial charge in [0.15, 0.2) is 6.61 Å². The van der Waals surface area contributed by atoms with Crippen LogP contribution >= 0.6 is 0 Å². The van der Waals surface area contributed by atoms with E-state index in [2.05, 4.69) is 10.6 Å². The number of amides is 1. The number of nitrogens with one attached hydrogen (secondary N) is 2. The van der Waals surface area contributed by atoms with Crippen LogP contribution in [-0.4, -0.2) is 38.8 Å². The first-order valence-corrected chi connectivity index (χ1v) is 6.55. The Morgan fingerprint density at radius 3 is 3.16 bits per heavy atom. The molecule has 1 aromatic rings. The quantitative estimate of drug-likeness (QED) is 0.844. The van der Waals surface area contributed by atoms with Crippen molar-refractivity contribution in [2.75, 3.05) is 32.2 Å². The van der Waals surface area contributed by atoms with Crippen LogP contribution in [0.3, 0.4) is 0 Å². The van der Waals surface area contributed by atoms with E-state index in [4.69, 9.17) is 9.47 Å². The zero-order valence-electron chi connectivity index (χ0n) is 11.1. The zero-order valence-corrected chi connectivity index (χ0v) is 11.1. The van der Waals surface area contributed by atoms with Crippen LogP contribution in [0.4, 0.5) is 5.69 Å². The molecule has 1 heterocycles. The third-order valence-electron chi connectivity index (χ3n) is 3.01. The molecule has 2 rings (SSSR count). The normalized spacial score (nSPS) is 18.7. The second kappa shape index (κ2) is 6.99. The van der Waals surface area contributed by atoms with Gasteiger partial charge in [0.05, 0.1) is 6.61 Å². The second-order valence-corrected chi connectivity index (χ2v) is 4.55. The highest BCUT2D eigenvalue weighted by Crippen LogP contribution is 2.20. The molecule has 1 fully saturated rings. The van der Waals surface area contributed by atoms with Crippen LogP contribution in [0, 0.1) is 0 Å². The lowest BCUT2D eigenvalue weighted by atomic mass is 10.1. The number of carbonyl (C=O) groups is 1. The van der Waals surface area contributed by atoms with Crippen molar-refractivity contribution in [3.63, 3.8) is 0 Å². The van der Waals surface area contributed by atoms with E-state index in [1.165, 1.54) is 0 Å². The Kier molecular flexibility index (Phi) is 5.03. The summed E-state index contributed by atoms with van der Waals surface area (Å²) in [4.78, 5) is 11.1. The summed E-state index contributed by atoms with van der Waals surface area (Å²) in [5.74, 6) is 0.546. The lowest BCUT2D eigenvalue weighted by Gasteiger charge is -2.24. The van der Waals surface area contributed by atoms with Gasteiger partial charge in [-0.15, -0.1) is 0 Å². The molecule has 1 aromatic carbocycles. The lowest BCUT2D eigenvalue weighted by Crippen LogP contribution is -2.29. The van der Waals surface area contributed by atoms with E-state index in [0.717, 1.165) is 31.7 Å². The lowest BCUT2D eigenvalue weighted by molar-refractivity contribution is -0.122. The van der Waals surface area contributed by atoms with Gasteiger partial charge in [-0.1, -0.05) is 6.07 Å². The predicted octanol–water partition coefficient (Wildman–Crippen LogP) is 1.40. The van der Waals surface area contributed by atoms with E-state index in [1.807, 2.05) is 24.3 Å². The minimum Gasteiger partial charge on any atom is -0.484 e. The summed E-state index contributed by atoms with van der Waals surface area (Å²) in [6, 6.07) is 7.98. The van der Waals surface area contributed by atoms with Crippen molar-refractivity contribution in [2.45, 2.75) is 18.9 Å². The van der Waals surface area contributed by atoms with Gasteiger partial charge in [-0.05, 0) is 25.0 Å². The second-order valence-electron chi connectivity index (χ2n) is 4.55. The number of carbonyl (C=O) groups excluding carboxylic acids is 1. The fourth-order valence-electron chi connectivity index (χ4n) is 1.99. The Balaban J connectivity index is 1.88. The Morgan fingerprint density at radius 2 is 2.42 bits per heavy atom. The van der Waals surface area contributed by atoms with E-state index in [9.17, 15) is 4.79 Å². The van der Waals surface area contributed by atoms with Crippen molar-refractivity contribution in [2.24, 2.45) is 0 Å². The van der Waals surface area contributed by atoms with Gasteiger partial charge in [0, 0.05) is 31.5 Å². The van der Waals surface area contributed by atoms with Gasteiger partial charge in [-0.2, -0.15) is 0 Å². The van der Waals surface area contributed by atoms with Gasteiger partial charge in [0.2, 0.25) is 0 Å². The highest BCUT2D eigenvalue weighted by atomic mass is 16.5. The van der Waals surface area contributed by atoms with Gasteiger partial charge in [-0.3, -0.25) is 4.79 Å². The zero-order chi connectivity index (χ0) is 13.5. The van der Waals surface area contributed by atoms with Crippen LogP contribution in [0.25, 0.3) is 0 Å². The molecular formula is C14H20N2O3. The summed E-state index contributed by atoms with van der Waals surface area (Å²) >= 11 is 0. The minimum absolute atomic E-state index is 0.0342. The predicted molar refractivity (Wildman–Crippen MR) is 73.5 cm³/mol. The summed E-state index contributed by atoms with van der Waals surface area (Å²) < 4.78 is 10.8. The molecule has 0 aliphatic carbocycles. The molecule has 0 radical (unpaired) electrons. The molecule has 5 heteroatoms. The van der Waals surface area contributed by atoms with Gasteiger partial charge in [0.1, 0.15) is 5.75 Å². The SMILES string of the molecule is CNC(=O)COc1cccc(NC2CCCOC2)c1. The Bertz CT molecular complexity index is 417. The largest absolute Gasteiger partial charge is 0.484 e. The average molecular weight is 264 g/mol. The van der Waals surface area contributed by atoms with Crippen molar-refractivity contribution >= 4 is 11.6 Å². The molecule has 1 unspecified atom stereocenters. The van der Waals surface area contributed by atoms with Crippen molar-refractivity contribution in [3.05, 3.63) is 24.3 Å². The number of benzene rings is 1. The molecule has 1 aliphatic heterocycles. The van der Waals surface area contributed by atoms with E-state index >= 15 is 0 Å². The molecule has 0 saturated carbocycles. The van der Waals surface area contributed by atoms with Crippen LogP contribution in [-0.2, 0) is 9.53 Å². The number of hydrogen-bond acceptors (Lipinski definition) is 4.